The molecule has 0 saturated heterocycles. The van der Waals surface area contributed by atoms with Gasteiger partial charge in [0.1, 0.15) is 6.04 Å². The zero-order chi connectivity index (χ0) is 25.9. The smallest absolute Gasteiger partial charge is 0.287 e. The molecule has 7 nitrogen and oxygen atoms in total. The molecule has 0 bridgehead atoms. The van der Waals surface area contributed by atoms with Crippen LogP contribution in [-0.2, 0) is 22.6 Å². The lowest BCUT2D eigenvalue weighted by Crippen LogP contribution is -2.47. The predicted molar refractivity (Wildman–Crippen MR) is 142 cm³/mol. The van der Waals surface area contributed by atoms with Crippen molar-refractivity contribution >= 4 is 29.7 Å². The second-order valence-electron chi connectivity index (χ2n) is 8.42. The van der Waals surface area contributed by atoms with Crippen LogP contribution < -0.4 is 11.1 Å². The summed E-state index contributed by atoms with van der Waals surface area (Å²) in [6.07, 6.45) is 5.39. The van der Waals surface area contributed by atoms with Gasteiger partial charge < -0.3 is 11.1 Å². The first-order chi connectivity index (χ1) is 17.4. The van der Waals surface area contributed by atoms with Gasteiger partial charge in [0.15, 0.2) is 0 Å². The first-order valence-corrected chi connectivity index (χ1v) is 12.0. The molecule has 186 valence electrons. The van der Waals surface area contributed by atoms with E-state index in [1.165, 1.54) is 5.56 Å². The number of nitrogens with zero attached hydrogens (tertiary/aromatic N) is 2. The van der Waals surface area contributed by atoms with Crippen LogP contribution in [0.25, 0.3) is 12.2 Å². The quantitative estimate of drug-likeness (QED) is 0.383. The predicted octanol–water partition coefficient (Wildman–Crippen LogP) is 3.49. The zero-order valence-corrected chi connectivity index (χ0v) is 20.7. The van der Waals surface area contributed by atoms with E-state index in [1.54, 1.807) is 24.4 Å². The number of hydrogen-bond acceptors (Lipinski definition) is 5. The highest BCUT2D eigenvalue weighted by atomic mass is 16.2. The number of aromatic nitrogens is 1. The summed E-state index contributed by atoms with van der Waals surface area (Å²) in [6.45, 7) is 7.19. The summed E-state index contributed by atoms with van der Waals surface area (Å²) in [5.74, 6) is -2.45. The Balaban J connectivity index is 1.76. The Bertz CT molecular complexity index is 1200. The van der Waals surface area contributed by atoms with Crippen LogP contribution in [0.2, 0.25) is 0 Å². The van der Waals surface area contributed by atoms with Crippen LogP contribution in [0.15, 0.2) is 72.9 Å². The number of ketones is 1. The van der Waals surface area contributed by atoms with Crippen molar-refractivity contribution in [3.63, 3.8) is 0 Å². The minimum Gasteiger partial charge on any atom is -0.363 e. The number of rotatable bonds is 12. The van der Waals surface area contributed by atoms with Crippen LogP contribution in [0.4, 0.5) is 0 Å². The Morgan fingerprint density at radius 3 is 2.25 bits per heavy atom. The number of carbonyl (C=O) groups excluding carboxylic acids is 3. The second-order valence-corrected chi connectivity index (χ2v) is 8.42. The van der Waals surface area contributed by atoms with Crippen LogP contribution in [0.5, 0.6) is 0 Å². The van der Waals surface area contributed by atoms with E-state index in [9.17, 15) is 14.4 Å². The summed E-state index contributed by atoms with van der Waals surface area (Å²) in [7, 11) is 0. The van der Waals surface area contributed by atoms with Crippen molar-refractivity contribution < 1.29 is 14.4 Å². The van der Waals surface area contributed by atoms with Gasteiger partial charge in [0, 0.05) is 19.2 Å². The van der Waals surface area contributed by atoms with Gasteiger partial charge in [-0.15, -0.1) is 0 Å². The summed E-state index contributed by atoms with van der Waals surface area (Å²) in [6, 6.07) is 19.6. The Morgan fingerprint density at radius 1 is 0.917 bits per heavy atom. The van der Waals surface area contributed by atoms with Crippen molar-refractivity contribution in [1.82, 2.24) is 15.2 Å². The molecule has 0 spiro atoms. The molecule has 3 N–H and O–H groups in total. The molecule has 0 aliphatic rings. The van der Waals surface area contributed by atoms with E-state index in [-0.39, 0.29) is 6.42 Å². The average molecular weight is 485 g/mol. The minimum atomic E-state index is -1.09. The molecule has 0 aliphatic heterocycles. The molecule has 2 aromatic carbocycles. The number of hydrogen-bond donors (Lipinski definition) is 2. The molecule has 0 aliphatic carbocycles. The maximum absolute atomic E-state index is 13.1. The van der Waals surface area contributed by atoms with E-state index in [4.69, 9.17) is 5.73 Å². The summed E-state index contributed by atoms with van der Waals surface area (Å²) < 4.78 is 0. The number of carbonyl (C=O) groups is 3. The van der Waals surface area contributed by atoms with Crippen molar-refractivity contribution in [2.24, 2.45) is 5.73 Å². The number of nitrogens with one attached hydrogen (secondary N) is 1. The molecule has 1 unspecified atom stereocenters. The van der Waals surface area contributed by atoms with Crippen molar-refractivity contribution in [2.75, 3.05) is 13.1 Å². The SMILES string of the molecule is CCN(CC)Cc1ccc(/C=C/c2ncccc2C(=O)NC(Cc2ccccc2)C(=O)C(N)=O)cc1. The van der Waals surface area contributed by atoms with E-state index in [0.29, 0.717) is 11.3 Å². The molecule has 3 rings (SSSR count). The number of Topliss-reactive ketones (excluding diaryl/α,β-unsaturated/α-hetero) is 1. The van der Waals surface area contributed by atoms with Gasteiger partial charge in [-0.1, -0.05) is 74.5 Å². The highest BCUT2D eigenvalue weighted by molar-refractivity contribution is 6.38. The highest BCUT2D eigenvalue weighted by Crippen LogP contribution is 2.14. The molecule has 3 aromatic rings. The van der Waals surface area contributed by atoms with E-state index in [2.05, 4.69) is 41.2 Å². The largest absolute Gasteiger partial charge is 0.363 e. The van der Waals surface area contributed by atoms with E-state index in [1.807, 2.05) is 48.5 Å². The zero-order valence-electron chi connectivity index (χ0n) is 20.7. The number of pyridine rings is 1. The van der Waals surface area contributed by atoms with Gasteiger partial charge in [-0.25, -0.2) is 0 Å². The van der Waals surface area contributed by atoms with Gasteiger partial charge in [-0.05, 0) is 48.0 Å². The fourth-order valence-electron chi connectivity index (χ4n) is 3.82. The van der Waals surface area contributed by atoms with Gasteiger partial charge in [0.25, 0.3) is 11.8 Å². The van der Waals surface area contributed by atoms with Gasteiger partial charge in [-0.3, -0.25) is 24.3 Å². The van der Waals surface area contributed by atoms with Crippen LogP contribution >= 0.6 is 0 Å². The van der Waals surface area contributed by atoms with Crippen molar-refractivity contribution in [1.29, 1.82) is 0 Å². The van der Waals surface area contributed by atoms with Gasteiger partial charge in [0.2, 0.25) is 5.78 Å². The fraction of sp³-hybridized carbons (Fsp3) is 0.241. The highest BCUT2D eigenvalue weighted by Gasteiger charge is 2.26. The Morgan fingerprint density at radius 2 is 1.61 bits per heavy atom. The molecule has 0 fully saturated rings. The minimum absolute atomic E-state index is 0.152. The maximum Gasteiger partial charge on any atom is 0.287 e. The summed E-state index contributed by atoms with van der Waals surface area (Å²) in [5, 5.41) is 2.67. The molecule has 2 amide bonds. The summed E-state index contributed by atoms with van der Waals surface area (Å²) >= 11 is 0. The molecule has 1 aromatic heterocycles. The van der Waals surface area contributed by atoms with Gasteiger partial charge in [-0.2, -0.15) is 0 Å². The number of primary amides is 1. The van der Waals surface area contributed by atoms with Crippen LogP contribution in [0.3, 0.4) is 0 Å². The molecule has 0 radical (unpaired) electrons. The Hall–Kier alpha value is -4.10. The maximum atomic E-state index is 13.1. The molecule has 1 heterocycles. The van der Waals surface area contributed by atoms with E-state index in [0.717, 1.165) is 30.8 Å². The van der Waals surface area contributed by atoms with Crippen molar-refractivity contribution in [3.05, 3.63) is 101 Å². The summed E-state index contributed by atoms with van der Waals surface area (Å²) in [4.78, 5) is 43.8. The molecular weight excluding hydrogens is 452 g/mol. The van der Waals surface area contributed by atoms with E-state index >= 15 is 0 Å². The van der Waals surface area contributed by atoms with Gasteiger partial charge in [0.05, 0.1) is 11.3 Å². The topological polar surface area (TPSA) is 105 Å². The first kappa shape index (κ1) is 26.5. The summed E-state index contributed by atoms with van der Waals surface area (Å²) in [5.41, 5.74) is 8.98. The third-order valence-corrected chi connectivity index (χ3v) is 5.94. The van der Waals surface area contributed by atoms with Crippen LogP contribution in [-0.4, -0.2) is 46.6 Å². The number of nitrogens with two attached hydrogens (primary N) is 1. The number of amides is 2. The normalized spacial score (nSPS) is 12.0. The van der Waals surface area contributed by atoms with Gasteiger partial charge >= 0.3 is 0 Å². The molecular formula is C29H32N4O3. The number of benzene rings is 2. The average Bonchev–Trinajstić information content (AvgIpc) is 2.91. The third kappa shape index (κ3) is 7.45. The Kier molecular flexibility index (Phi) is 9.65. The lowest BCUT2D eigenvalue weighted by Gasteiger charge is -2.17. The molecule has 1 atom stereocenters. The third-order valence-electron chi connectivity index (χ3n) is 5.94. The lowest BCUT2D eigenvalue weighted by molar-refractivity contribution is -0.137. The standard InChI is InChI=1S/C29H32N4O3/c1-3-33(4-2)20-23-14-12-21(13-15-23)16-17-25-24(11-8-18-31-25)29(36)32-26(27(34)28(30)35)19-22-9-6-5-7-10-22/h5-18,26H,3-4,19-20H2,1-2H3,(H2,30,35)(H,32,36)/b17-16+. The lowest BCUT2D eigenvalue weighted by atomic mass is 10.0. The van der Waals surface area contributed by atoms with Crippen LogP contribution in [0.1, 0.15) is 46.6 Å². The first-order valence-electron chi connectivity index (χ1n) is 12.0. The second kappa shape index (κ2) is 13.1. The molecule has 36 heavy (non-hydrogen) atoms. The fourth-order valence-corrected chi connectivity index (χ4v) is 3.82. The van der Waals surface area contributed by atoms with Crippen molar-refractivity contribution in [2.45, 2.75) is 32.9 Å². The van der Waals surface area contributed by atoms with E-state index < -0.39 is 23.6 Å². The van der Waals surface area contributed by atoms with Crippen molar-refractivity contribution in [3.8, 4) is 0 Å². The Labute approximate surface area is 212 Å². The molecule has 0 saturated carbocycles. The monoisotopic (exact) mass is 484 g/mol. The van der Waals surface area contributed by atoms with Crippen LogP contribution in [0, 0.1) is 0 Å². The molecule has 7 heteroatoms.